The number of halogens is 3. The highest BCUT2D eigenvalue weighted by Gasteiger charge is 2.34. The normalized spacial score (nSPS) is 15.4. The molecular weight excluding hydrogens is 319 g/mol. The Labute approximate surface area is 135 Å². The summed E-state index contributed by atoms with van der Waals surface area (Å²) < 4.78 is 0. The van der Waals surface area contributed by atoms with E-state index in [1.165, 1.54) is 0 Å². The number of carbonyl (C=O) groups is 1. The Morgan fingerprint density at radius 2 is 2.05 bits per heavy atom. The maximum atomic E-state index is 12.3. The van der Waals surface area contributed by atoms with E-state index in [-0.39, 0.29) is 18.3 Å². The van der Waals surface area contributed by atoms with Gasteiger partial charge in [0.05, 0.1) is 16.1 Å². The van der Waals surface area contributed by atoms with E-state index in [9.17, 15) is 4.79 Å². The molecule has 0 unspecified atom stereocenters. The molecule has 1 atom stereocenters. The molecule has 1 aliphatic rings. The van der Waals surface area contributed by atoms with Crippen LogP contribution in [-0.2, 0) is 11.3 Å². The van der Waals surface area contributed by atoms with Gasteiger partial charge in [-0.25, -0.2) is 0 Å². The zero-order valence-corrected chi connectivity index (χ0v) is 13.6. The van der Waals surface area contributed by atoms with Crippen molar-refractivity contribution in [1.29, 1.82) is 0 Å². The van der Waals surface area contributed by atoms with E-state index in [0.29, 0.717) is 29.1 Å². The van der Waals surface area contributed by atoms with Gasteiger partial charge in [0.2, 0.25) is 5.91 Å². The van der Waals surface area contributed by atoms with Crippen LogP contribution in [0.4, 0.5) is 0 Å². The molecule has 0 radical (unpaired) electrons. The van der Waals surface area contributed by atoms with Gasteiger partial charge in [-0.15, -0.1) is 12.4 Å². The van der Waals surface area contributed by atoms with Gasteiger partial charge >= 0.3 is 0 Å². The average Bonchev–Trinajstić information content (AvgIpc) is 3.22. The largest absolute Gasteiger partial charge is 0.334 e. The van der Waals surface area contributed by atoms with Crippen LogP contribution in [0.5, 0.6) is 0 Å². The molecule has 112 valence electrons. The molecule has 0 bridgehead atoms. The SMILES string of the molecule is CC[C@H](N)C(=O)N(Cc1ccc(Cl)c(Cl)c1)C1CC1.Cl. The summed E-state index contributed by atoms with van der Waals surface area (Å²) >= 11 is 11.9. The van der Waals surface area contributed by atoms with E-state index in [1.807, 2.05) is 24.0 Å². The zero-order chi connectivity index (χ0) is 14.0. The smallest absolute Gasteiger partial charge is 0.240 e. The maximum Gasteiger partial charge on any atom is 0.240 e. The second kappa shape index (κ2) is 7.51. The molecule has 2 N–H and O–H groups in total. The average molecular weight is 338 g/mol. The highest BCUT2D eigenvalue weighted by Crippen LogP contribution is 2.30. The van der Waals surface area contributed by atoms with Crippen LogP contribution in [-0.4, -0.2) is 22.9 Å². The van der Waals surface area contributed by atoms with Gasteiger partial charge < -0.3 is 10.6 Å². The molecule has 1 aromatic carbocycles. The van der Waals surface area contributed by atoms with E-state index in [1.54, 1.807) is 6.07 Å². The lowest BCUT2D eigenvalue weighted by molar-refractivity contribution is -0.133. The second-order valence-corrected chi connectivity index (χ2v) is 5.77. The Bertz CT molecular complexity index is 477. The van der Waals surface area contributed by atoms with Crippen LogP contribution in [0.3, 0.4) is 0 Å². The fraction of sp³-hybridized carbons (Fsp3) is 0.500. The van der Waals surface area contributed by atoms with Gasteiger partial charge in [0.1, 0.15) is 0 Å². The summed E-state index contributed by atoms with van der Waals surface area (Å²) in [5.74, 6) is 0.0241. The second-order valence-electron chi connectivity index (χ2n) is 4.96. The number of rotatable bonds is 5. The Morgan fingerprint density at radius 1 is 1.40 bits per heavy atom. The van der Waals surface area contributed by atoms with Crippen LogP contribution in [0.2, 0.25) is 10.0 Å². The van der Waals surface area contributed by atoms with Crippen molar-refractivity contribution in [1.82, 2.24) is 4.90 Å². The Morgan fingerprint density at radius 3 is 2.55 bits per heavy atom. The monoisotopic (exact) mass is 336 g/mol. The van der Waals surface area contributed by atoms with Crippen molar-refractivity contribution < 1.29 is 4.79 Å². The van der Waals surface area contributed by atoms with Crippen LogP contribution in [0.15, 0.2) is 18.2 Å². The molecule has 0 heterocycles. The first-order valence-electron chi connectivity index (χ1n) is 6.53. The van der Waals surface area contributed by atoms with Crippen molar-refractivity contribution in [3.8, 4) is 0 Å². The minimum absolute atomic E-state index is 0. The summed E-state index contributed by atoms with van der Waals surface area (Å²) in [6.45, 7) is 2.47. The third-order valence-corrected chi connectivity index (χ3v) is 4.10. The van der Waals surface area contributed by atoms with Gasteiger partial charge in [-0.3, -0.25) is 4.79 Å². The predicted molar refractivity (Wildman–Crippen MR) is 85.5 cm³/mol. The van der Waals surface area contributed by atoms with Crippen molar-refractivity contribution in [2.75, 3.05) is 0 Å². The van der Waals surface area contributed by atoms with E-state index >= 15 is 0 Å². The fourth-order valence-corrected chi connectivity index (χ4v) is 2.32. The van der Waals surface area contributed by atoms with Crippen LogP contribution in [0.1, 0.15) is 31.7 Å². The van der Waals surface area contributed by atoms with Gasteiger partial charge in [-0.1, -0.05) is 36.2 Å². The Kier molecular flexibility index (Phi) is 6.59. The molecule has 1 aliphatic carbocycles. The number of carbonyl (C=O) groups excluding carboxylic acids is 1. The lowest BCUT2D eigenvalue weighted by Crippen LogP contribution is -2.44. The molecule has 0 aromatic heterocycles. The molecule has 6 heteroatoms. The summed E-state index contributed by atoms with van der Waals surface area (Å²) in [4.78, 5) is 14.1. The summed E-state index contributed by atoms with van der Waals surface area (Å²) in [7, 11) is 0. The van der Waals surface area contributed by atoms with Gasteiger partial charge in [0, 0.05) is 12.6 Å². The molecule has 1 saturated carbocycles. The Hall–Kier alpha value is -0.480. The summed E-state index contributed by atoms with van der Waals surface area (Å²) in [5, 5.41) is 1.04. The molecule has 0 saturated heterocycles. The quantitative estimate of drug-likeness (QED) is 0.891. The van der Waals surface area contributed by atoms with Gasteiger partial charge in [-0.05, 0) is 37.0 Å². The molecule has 1 aromatic rings. The number of hydrogen-bond donors (Lipinski definition) is 1. The molecular formula is C14H19Cl3N2O. The van der Waals surface area contributed by atoms with Crippen LogP contribution >= 0.6 is 35.6 Å². The van der Waals surface area contributed by atoms with Gasteiger partial charge in [0.15, 0.2) is 0 Å². The van der Waals surface area contributed by atoms with Crippen LogP contribution in [0, 0.1) is 0 Å². The standard InChI is InChI=1S/C14H18Cl2N2O.ClH/c1-2-13(17)14(19)18(10-4-5-10)8-9-3-6-11(15)12(16)7-9;/h3,6-7,10,13H,2,4-5,8,17H2,1H3;1H/t13-;/m0./s1. The predicted octanol–water partition coefficient (Wildman–Crippen LogP) is 3.64. The lowest BCUT2D eigenvalue weighted by Gasteiger charge is -2.25. The number of nitrogens with zero attached hydrogens (tertiary/aromatic N) is 1. The van der Waals surface area contributed by atoms with E-state index in [2.05, 4.69) is 0 Å². The lowest BCUT2D eigenvalue weighted by atomic mass is 10.1. The summed E-state index contributed by atoms with van der Waals surface area (Å²) in [6.07, 6.45) is 2.77. The first kappa shape index (κ1) is 17.6. The van der Waals surface area contributed by atoms with Crippen molar-refractivity contribution in [2.24, 2.45) is 5.73 Å². The van der Waals surface area contributed by atoms with Crippen molar-refractivity contribution in [3.05, 3.63) is 33.8 Å². The van der Waals surface area contributed by atoms with Crippen molar-refractivity contribution in [2.45, 2.75) is 44.8 Å². The van der Waals surface area contributed by atoms with Gasteiger partial charge in [0.25, 0.3) is 0 Å². The number of hydrogen-bond acceptors (Lipinski definition) is 2. The molecule has 20 heavy (non-hydrogen) atoms. The molecule has 1 fully saturated rings. The van der Waals surface area contributed by atoms with E-state index in [0.717, 1.165) is 18.4 Å². The zero-order valence-electron chi connectivity index (χ0n) is 11.3. The molecule has 0 aliphatic heterocycles. The minimum Gasteiger partial charge on any atom is -0.334 e. The number of nitrogens with two attached hydrogens (primary N) is 1. The highest BCUT2D eigenvalue weighted by molar-refractivity contribution is 6.42. The third kappa shape index (κ3) is 4.26. The first-order valence-corrected chi connectivity index (χ1v) is 7.28. The van der Waals surface area contributed by atoms with E-state index < -0.39 is 6.04 Å². The maximum absolute atomic E-state index is 12.3. The van der Waals surface area contributed by atoms with Crippen LogP contribution in [0.25, 0.3) is 0 Å². The number of amides is 1. The topological polar surface area (TPSA) is 46.3 Å². The number of benzene rings is 1. The van der Waals surface area contributed by atoms with Crippen LogP contribution < -0.4 is 5.73 Å². The Balaban J connectivity index is 0.00000200. The van der Waals surface area contributed by atoms with Crippen molar-refractivity contribution in [3.63, 3.8) is 0 Å². The van der Waals surface area contributed by atoms with Gasteiger partial charge in [-0.2, -0.15) is 0 Å². The third-order valence-electron chi connectivity index (χ3n) is 3.36. The minimum atomic E-state index is -0.414. The summed E-state index contributed by atoms with van der Waals surface area (Å²) in [6, 6.07) is 5.38. The van der Waals surface area contributed by atoms with E-state index in [4.69, 9.17) is 28.9 Å². The fourth-order valence-electron chi connectivity index (χ4n) is 2.00. The molecule has 3 nitrogen and oxygen atoms in total. The molecule has 1 amide bonds. The first-order chi connectivity index (χ1) is 9.02. The molecule has 2 rings (SSSR count). The highest BCUT2D eigenvalue weighted by atomic mass is 35.5. The molecule has 0 spiro atoms. The van der Waals surface area contributed by atoms with Crippen molar-refractivity contribution >= 4 is 41.5 Å². The summed E-state index contributed by atoms with van der Waals surface area (Å²) in [5.41, 5.74) is 6.84.